The molecule has 0 spiro atoms. The summed E-state index contributed by atoms with van der Waals surface area (Å²) in [7, 11) is 0. The van der Waals surface area contributed by atoms with E-state index in [0.29, 0.717) is 11.7 Å². The van der Waals surface area contributed by atoms with Gasteiger partial charge in [-0.25, -0.2) is 4.98 Å². The highest BCUT2D eigenvalue weighted by Crippen LogP contribution is 2.21. The third kappa shape index (κ3) is 2.58. The molecule has 6 nitrogen and oxygen atoms in total. The summed E-state index contributed by atoms with van der Waals surface area (Å²) in [6.45, 7) is 3.68. The molecule has 0 amide bonds. The molecule has 1 unspecified atom stereocenters. The van der Waals surface area contributed by atoms with E-state index in [0.717, 1.165) is 37.3 Å². The Kier molecular flexibility index (Phi) is 3.16. The number of anilines is 1. The minimum Gasteiger partial charge on any atom is -0.355 e. The predicted molar refractivity (Wildman–Crippen MR) is 71.7 cm³/mol. The number of hydrogen-bond acceptors (Lipinski definition) is 6. The fraction of sp³-hybridized carbons (Fsp3) is 0.462. The van der Waals surface area contributed by atoms with Crippen molar-refractivity contribution in [1.82, 2.24) is 15.1 Å². The Morgan fingerprint density at radius 1 is 1.42 bits per heavy atom. The Bertz CT molecular complexity index is 550. The molecule has 1 atom stereocenters. The van der Waals surface area contributed by atoms with Crippen molar-refractivity contribution in [3.63, 3.8) is 0 Å². The number of aromatic nitrogens is 3. The van der Waals surface area contributed by atoms with Crippen LogP contribution in [0.2, 0.25) is 0 Å². The van der Waals surface area contributed by atoms with E-state index in [9.17, 15) is 0 Å². The lowest BCUT2D eigenvalue weighted by Gasteiger charge is -2.31. The van der Waals surface area contributed by atoms with E-state index in [-0.39, 0.29) is 6.04 Å². The van der Waals surface area contributed by atoms with E-state index in [4.69, 9.17) is 10.3 Å². The third-order valence-corrected chi connectivity index (χ3v) is 3.30. The summed E-state index contributed by atoms with van der Waals surface area (Å²) in [5.74, 6) is 2.09. The van der Waals surface area contributed by atoms with Crippen LogP contribution in [0.3, 0.4) is 0 Å². The highest BCUT2D eigenvalue weighted by Gasteiger charge is 2.18. The molecular weight excluding hydrogens is 242 g/mol. The van der Waals surface area contributed by atoms with Gasteiger partial charge in [0.2, 0.25) is 0 Å². The zero-order chi connectivity index (χ0) is 13.2. The molecule has 100 valence electrons. The first-order chi connectivity index (χ1) is 9.22. The number of hydrogen-bond donors (Lipinski definition) is 1. The van der Waals surface area contributed by atoms with Gasteiger partial charge in [0.1, 0.15) is 5.82 Å². The molecule has 2 N–H and O–H groups in total. The van der Waals surface area contributed by atoms with E-state index < -0.39 is 0 Å². The van der Waals surface area contributed by atoms with Crippen LogP contribution in [-0.2, 0) is 0 Å². The molecular formula is C13H17N5O. The topological polar surface area (TPSA) is 81.1 Å². The molecule has 3 heterocycles. The Morgan fingerprint density at radius 2 is 2.32 bits per heavy atom. The summed E-state index contributed by atoms with van der Waals surface area (Å²) in [4.78, 5) is 10.9. The largest absolute Gasteiger partial charge is 0.355 e. The lowest BCUT2D eigenvalue weighted by molar-refractivity contribution is 0.425. The summed E-state index contributed by atoms with van der Waals surface area (Å²) in [6, 6.07) is 4.18. The maximum absolute atomic E-state index is 5.98. The van der Waals surface area contributed by atoms with Crippen LogP contribution in [0.5, 0.6) is 0 Å². The average Bonchev–Trinajstić information content (AvgIpc) is 2.86. The second kappa shape index (κ2) is 4.97. The van der Waals surface area contributed by atoms with Crippen LogP contribution in [-0.4, -0.2) is 34.3 Å². The van der Waals surface area contributed by atoms with Gasteiger partial charge in [0.05, 0.1) is 5.56 Å². The number of aryl methyl sites for hydroxylation is 1. The van der Waals surface area contributed by atoms with Gasteiger partial charge in [-0.3, -0.25) is 0 Å². The molecule has 1 aliphatic rings. The van der Waals surface area contributed by atoms with Crippen LogP contribution < -0.4 is 10.6 Å². The van der Waals surface area contributed by atoms with Crippen LogP contribution in [0.1, 0.15) is 18.7 Å². The first-order valence-electron chi connectivity index (χ1n) is 6.49. The van der Waals surface area contributed by atoms with Gasteiger partial charge in [-0.05, 0) is 31.9 Å². The number of pyridine rings is 1. The highest BCUT2D eigenvalue weighted by molar-refractivity contribution is 5.54. The number of nitrogens with two attached hydrogens (primary N) is 1. The van der Waals surface area contributed by atoms with Crippen molar-refractivity contribution < 1.29 is 4.52 Å². The van der Waals surface area contributed by atoms with E-state index >= 15 is 0 Å². The molecule has 1 fully saturated rings. The van der Waals surface area contributed by atoms with Crippen LogP contribution in [0.4, 0.5) is 5.82 Å². The van der Waals surface area contributed by atoms with E-state index in [1.165, 1.54) is 0 Å². The first kappa shape index (κ1) is 12.1. The minimum absolute atomic E-state index is 0.244. The molecule has 0 aliphatic carbocycles. The fourth-order valence-electron chi connectivity index (χ4n) is 2.33. The van der Waals surface area contributed by atoms with Crippen LogP contribution in [0, 0.1) is 6.92 Å². The Hall–Kier alpha value is -1.95. The van der Waals surface area contributed by atoms with Gasteiger partial charge >= 0.3 is 0 Å². The van der Waals surface area contributed by atoms with Crippen molar-refractivity contribution in [2.75, 3.05) is 18.0 Å². The van der Waals surface area contributed by atoms with Crippen molar-refractivity contribution in [3.05, 3.63) is 24.2 Å². The molecule has 6 heteroatoms. The van der Waals surface area contributed by atoms with Crippen molar-refractivity contribution >= 4 is 5.82 Å². The highest BCUT2D eigenvalue weighted by atomic mass is 16.5. The van der Waals surface area contributed by atoms with Gasteiger partial charge in [-0.15, -0.1) is 0 Å². The number of rotatable bonds is 2. The lowest BCUT2D eigenvalue weighted by atomic mass is 10.1. The Labute approximate surface area is 111 Å². The monoisotopic (exact) mass is 259 g/mol. The summed E-state index contributed by atoms with van der Waals surface area (Å²) in [5.41, 5.74) is 6.82. The lowest BCUT2D eigenvalue weighted by Crippen LogP contribution is -2.43. The number of nitrogens with zero attached hydrogens (tertiary/aromatic N) is 4. The molecule has 1 saturated heterocycles. The fourth-order valence-corrected chi connectivity index (χ4v) is 2.33. The molecule has 0 aromatic carbocycles. The average molecular weight is 259 g/mol. The predicted octanol–water partition coefficient (Wildman–Crippen LogP) is 1.37. The molecule has 3 rings (SSSR count). The molecule has 0 bridgehead atoms. The standard InChI is InChI=1S/C13H17N5O/c1-9-16-13(19-17-9)10-4-5-12(15-7-10)18-6-2-3-11(14)8-18/h4-5,7,11H,2-3,6,8,14H2,1H3. The summed E-state index contributed by atoms with van der Waals surface area (Å²) in [6.07, 6.45) is 3.98. The minimum atomic E-state index is 0.244. The summed E-state index contributed by atoms with van der Waals surface area (Å²) < 4.78 is 5.12. The first-order valence-corrected chi connectivity index (χ1v) is 6.49. The molecule has 19 heavy (non-hydrogen) atoms. The van der Waals surface area contributed by atoms with Crippen molar-refractivity contribution in [1.29, 1.82) is 0 Å². The smallest absolute Gasteiger partial charge is 0.259 e. The second-order valence-corrected chi connectivity index (χ2v) is 4.90. The van der Waals surface area contributed by atoms with Gasteiger partial charge < -0.3 is 15.2 Å². The van der Waals surface area contributed by atoms with Crippen molar-refractivity contribution in [2.24, 2.45) is 5.73 Å². The molecule has 0 radical (unpaired) electrons. The van der Waals surface area contributed by atoms with Crippen LogP contribution in [0.25, 0.3) is 11.5 Å². The molecule has 1 aliphatic heterocycles. The summed E-state index contributed by atoms with van der Waals surface area (Å²) >= 11 is 0. The summed E-state index contributed by atoms with van der Waals surface area (Å²) in [5, 5.41) is 3.77. The maximum atomic E-state index is 5.98. The zero-order valence-electron chi connectivity index (χ0n) is 10.9. The molecule has 0 saturated carbocycles. The van der Waals surface area contributed by atoms with Gasteiger partial charge in [-0.1, -0.05) is 5.16 Å². The quantitative estimate of drug-likeness (QED) is 0.877. The SMILES string of the molecule is Cc1noc(-c2ccc(N3CCCC(N)C3)nc2)n1. The molecule has 2 aromatic rings. The number of piperidine rings is 1. The normalized spacial score (nSPS) is 19.7. The second-order valence-electron chi connectivity index (χ2n) is 4.90. The van der Waals surface area contributed by atoms with E-state index in [1.807, 2.05) is 12.1 Å². The third-order valence-electron chi connectivity index (χ3n) is 3.30. The van der Waals surface area contributed by atoms with Crippen molar-refractivity contribution in [2.45, 2.75) is 25.8 Å². The van der Waals surface area contributed by atoms with Gasteiger partial charge in [0.25, 0.3) is 5.89 Å². The van der Waals surface area contributed by atoms with Crippen molar-refractivity contribution in [3.8, 4) is 11.5 Å². The maximum Gasteiger partial charge on any atom is 0.259 e. The Morgan fingerprint density at radius 3 is 2.95 bits per heavy atom. The van der Waals surface area contributed by atoms with Gasteiger partial charge in [0.15, 0.2) is 5.82 Å². The van der Waals surface area contributed by atoms with Gasteiger partial charge in [0, 0.05) is 25.3 Å². The Balaban J connectivity index is 1.78. The van der Waals surface area contributed by atoms with E-state index in [2.05, 4.69) is 20.0 Å². The molecule has 2 aromatic heterocycles. The van der Waals surface area contributed by atoms with Crippen LogP contribution >= 0.6 is 0 Å². The van der Waals surface area contributed by atoms with E-state index in [1.54, 1.807) is 13.1 Å². The van der Waals surface area contributed by atoms with Crippen LogP contribution in [0.15, 0.2) is 22.9 Å². The van der Waals surface area contributed by atoms with Gasteiger partial charge in [-0.2, -0.15) is 4.98 Å². The zero-order valence-corrected chi connectivity index (χ0v) is 10.9.